The van der Waals surface area contributed by atoms with Crippen LogP contribution < -0.4 is 5.32 Å². The minimum absolute atomic E-state index is 0.0363. The first-order chi connectivity index (χ1) is 8.66. The molecule has 1 fully saturated rings. The molecular weight excluding hydrogens is 228 g/mol. The van der Waals surface area contributed by atoms with Gasteiger partial charge in [0.15, 0.2) is 0 Å². The van der Waals surface area contributed by atoms with Gasteiger partial charge in [0.05, 0.1) is 11.8 Å². The molecule has 5 nitrogen and oxygen atoms in total. The number of aromatic amines is 1. The lowest BCUT2D eigenvalue weighted by Crippen LogP contribution is -2.43. The van der Waals surface area contributed by atoms with Crippen molar-refractivity contribution >= 4 is 5.91 Å². The third kappa shape index (κ3) is 3.32. The van der Waals surface area contributed by atoms with Gasteiger partial charge in [-0.2, -0.15) is 5.10 Å². The van der Waals surface area contributed by atoms with Crippen LogP contribution in [-0.4, -0.2) is 46.7 Å². The van der Waals surface area contributed by atoms with E-state index >= 15 is 0 Å². The Labute approximate surface area is 108 Å². The number of nitrogens with one attached hydrogen (secondary N) is 2. The van der Waals surface area contributed by atoms with Gasteiger partial charge in [0.2, 0.25) is 0 Å². The van der Waals surface area contributed by atoms with Gasteiger partial charge in [-0.1, -0.05) is 6.42 Å². The van der Waals surface area contributed by atoms with Crippen LogP contribution >= 0.6 is 0 Å². The highest BCUT2D eigenvalue weighted by molar-refractivity contribution is 5.95. The topological polar surface area (TPSA) is 61.0 Å². The molecule has 100 valence electrons. The predicted molar refractivity (Wildman–Crippen MR) is 70.5 cm³/mol. The lowest BCUT2D eigenvalue weighted by Gasteiger charge is -2.29. The third-order valence-corrected chi connectivity index (χ3v) is 3.43. The lowest BCUT2D eigenvalue weighted by atomic mass is 10.1. The van der Waals surface area contributed by atoms with Crippen LogP contribution in [0.15, 0.2) is 6.20 Å². The van der Waals surface area contributed by atoms with Crippen molar-refractivity contribution in [2.75, 3.05) is 19.6 Å². The average molecular weight is 250 g/mol. The van der Waals surface area contributed by atoms with Crippen molar-refractivity contribution in [1.82, 2.24) is 20.4 Å². The highest BCUT2D eigenvalue weighted by Gasteiger charge is 2.17. The van der Waals surface area contributed by atoms with E-state index in [9.17, 15) is 4.79 Å². The summed E-state index contributed by atoms with van der Waals surface area (Å²) in [6, 6.07) is 0.171. The fourth-order valence-electron chi connectivity index (χ4n) is 2.46. The van der Waals surface area contributed by atoms with E-state index in [0.29, 0.717) is 5.56 Å². The summed E-state index contributed by atoms with van der Waals surface area (Å²) < 4.78 is 0. The molecule has 0 aliphatic carbocycles. The van der Waals surface area contributed by atoms with Crippen LogP contribution in [0.4, 0.5) is 0 Å². The van der Waals surface area contributed by atoms with Crippen molar-refractivity contribution in [3.8, 4) is 0 Å². The fourth-order valence-corrected chi connectivity index (χ4v) is 2.46. The molecule has 1 aromatic rings. The number of hydrogen-bond acceptors (Lipinski definition) is 3. The normalized spacial score (nSPS) is 18.6. The molecule has 0 bridgehead atoms. The quantitative estimate of drug-likeness (QED) is 0.847. The Morgan fingerprint density at radius 3 is 2.83 bits per heavy atom. The number of nitrogens with zero attached hydrogens (tertiary/aromatic N) is 2. The van der Waals surface area contributed by atoms with Crippen LogP contribution in [0.1, 0.15) is 42.2 Å². The summed E-state index contributed by atoms with van der Waals surface area (Å²) in [5.74, 6) is -0.0363. The second-order valence-corrected chi connectivity index (χ2v) is 5.14. The molecule has 5 heteroatoms. The maximum atomic E-state index is 12.0. The van der Waals surface area contributed by atoms with Crippen molar-refractivity contribution in [3.63, 3.8) is 0 Å². The Kier molecular flexibility index (Phi) is 4.36. The average Bonchev–Trinajstić information content (AvgIpc) is 2.76. The number of amides is 1. The van der Waals surface area contributed by atoms with E-state index in [4.69, 9.17) is 0 Å². The van der Waals surface area contributed by atoms with E-state index in [-0.39, 0.29) is 11.9 Å². The molecule has 0 radical (unpaired) electrons. The number of piperidine rings is 1. The zero-order chi connectivity index (χ0) is 13.0. The van der Waals surface area contributed by atoms with Crippen molar-refractivity contribution < 1.29 is 4.79 Å². The zero-order valence-corrected chi connectivity index (χ0v) is 11.2. The molecule has 0 aromatic carbocycles. The van der Waals surface area contributed by atoms with Gasteiger partial charge in [0, 0.05) is 18.3 Å². The standard InChI is InChI=1S/C13H22N4O/c1-10(9-17-6-4-3-5-7-17)15-13(18)12-8-14-16-11(12)2/h8,10H,3-7,9H2,1-2H3,(H,14,16)(H,15,18). The van der Waals surface area contributed by atoms with E-state index in [0.717, 1.165) is 25.3 Å². The molecular formula is C13H22N4O. The van der Waals surface area contributed by atoms with Crippen LogP contribution in [0.5, 0.6) is 0 Å². The molecule has 1 saturated heterocycles. The number of carbonyl (C=O) groups excluding carboxylic acids is 1. The summed E-state index contributed by atoms with van der Waals surface area (Å²) in [5, 5.41) is 9.68. The van der Waals surface area contributed by atoms with E-state index < -0.39 is 0 Å². The van der Waals surface area contributed by atoms with E-state index in [2.05, 4.69) is 27.3 Å². The Morgan fingerprint density at radius 2 is 2.22 bits per heavy atom. The van der Waals surface area contributed by atoms with Gasteiger partial charge < -0.3 is 10.2 Å². The number of aromatic nitrogens is 2. The summed E-state index contributed by atoms with van der Waals surface area (Å²) in [5.41, 5.74) is 1.46. The van der Waals surface area contributed by atoms with Gasteiger partial charge in [-0.05, 0) is 39.8 Å². The Morgan fingerprint density at radius 1 is 1.50 bits per heavy atom. The zero-order valence-electron chi connectivity index (χ0n) is 11.2. The van der Waals surface area contributed by atoms with Crippen LogP contribution in [0.25, 0.3) is 0 Å². The fraction of sp³-hybridized carbons (Fsp3) is 0.692. The largest absolute Gasteiger partial charge is 0.348 e. The number of hydrogen-bond donors (Lipinski definition) is 2. The highest BCUT2D eigenvalue weighted by Crippen LogP contribution is 2.09. The lowest BCUT2D eigenvalue weighted by molar-refractivity contribution is 0.0925. The number of likely N-dealkylation sites (tertiary alicyclic amines) is 1. The molecule has 1 aliphatic heterocycles. The minimum atomic E-state index is -0.0363. The molecule has 2 heterocycles. The Bertz CT molecular complexity index is 395. The number of H-pyrrole nitrogens is 1. The van der Waals surface area contributed by atoms with Gasteiger partial charge in [-0.15, -0.1) is 0 Å². The van der Waals surface area contributed by atoms with Crippen LogP contribution in [0.3, 0.4) is 0 Å². The molecule has 1 unspecified atom stereocenters. The molecule has 2 rings (SSSR count). The third-order valence-electron chi connectivity index (χ3n) is 3.43. The van der Waals surface area contributed by atoms with Gasteiger partial charge in [0.25, 0.3) is 5.91 Å². The first kappa shape index (κ1) is 13.1. The maximum Gasteiger partial charge on any atom is 0.254 e. The highest BCUT2D eigenvalue weighted by atomic mass is 16.1. The smallest absolute Gasteiger partial charge is 0.254 e. The second kappa shape index (κ2) is 6.00. The molecule has 1 aliphatic rings. The van der Waals surface area contributed by atoms with Crippen LogP contribution in [0, 0.1) is 6.92 Å². The van der Waals surface area contributed by atoms with Gasteiger partial charge in [-0.25, -0.2) is 0 Å². The number of rotatable bonds is 4. The summed E-state index contributed by atoms with van der Waals surface area (Å²) in [6.07, 6.45) is 5.48. The molecule has 0 saturated carbocycles. The van der Waals surface area contributed by atoms with Crippen LogP contribution in [0.2, 0.25) is 0 Å². The molecule has 1 amide bonds. The van der Waals surface area contributed by atoms with Gasteiger partial charge >= 0.3 is 0 Å². The van der Waals surface area contributed by atoms with Crippen molar-refractivity contribution in [1.29, 1.82) is 0 Å². The molecule has 18 heavy (non-hydrogen) atoms. The predicted octanol–water partition coefficient (Wildman–Crippen LogP) is 1.32. The first-order valence-corrected chi connectivity index (χ1v) is 6.70. The summed E-state index contributed by atoms with van der Waals surface area (Å²) in [4.78, 5) is 14.4. The molecule has 2 N–H and O–H groups in total. The van der Waals surface area contributed by atoms with E-state index in [1.807, 2.05) is 6.92 Å². The number of carbonyl (C=O) groups is 1. The van der Waals surface area contributed by atoms with Crippen molar-refractivity contribution in [3.05, 3.63) is 17.5 Å². The van der Waals surface area contributed by atoms with E-state index in [1.165, 1.54) is 19.3 Å². The van der Waals surface area contributed by atoms with Gasteiger partial charge in [0.1, 0.15) is 0 Å². The Balaban J connectivity index is 1.81. The maximum absolute atomic E-state index is 12.0. The van der Waals surface area contributed by atoms with Crippen molar-refractivity contribution in [2.45, 2.75) is 39.2 Å². The summed E-state index contributed by atoms with van der Waals surface area (Å²) in [7, 11) is 0. The molecule has 0 spiro atoms. The molecule has 1 aromatic heterocycles. The minimum Gasteiger partial charge on any atom is -0.348 e. The van der Waals surface area contributed by atoms with Gasteiger partial charge in [-0.3, -0.25) is 9.89 Å². The summed E-state index contributed by atoms with van der Waals surface area (Å²) >= 11 is 0. The Hall–Kier alpha value is -1.36. The van der Waals surface area contributed by atoms with Crippen LogP contribution in [-0.2, 0) is 0 Å². The number of aryl methyl sites for hydroxylation is 1. The monoisotopic (exact) mass is 250 g/mol. The second-order valence-electron chi connectivity index (χ2n) is 5.14. The first-order valence-electron chi connectivity index (χ1n) is 6.70. The SMILES string of the molecule is Cc1[nH]ncc1C(=O)NC(C)CN1CCCCC1. The molecule has 1 atom stereocenters. The summed E-state index contributed by atoms with van der Waals surface area (Å²) in [6.45, 7) is 7.16. The van der Waals surface area contributed by atoms with Crippen molar-refractivity contribution in [2.24, 2.45) is 0 Å². The van der Waals surface area contributed by atoms with E-state index in [1.54, 1.807) is 6.20 Å².